The molecule has 26 heavy (non-hydrogen) atoms. The number of hydrogen-bond acceptors (Lipinski definition) is 7. The Morgan fingerprint density at radius 2 is 2.08 bits per heavy atom. The van der Waals surface area contributed by atoms with Crippen LogP contribution in [0.15, 0.2) is 47.0 Å². The topological polar surface area (TPSA) is 108 Å². The summed E-state index contributed by atoms with van der Waals surface area (Å²) in [7, 11) is 0. The van der Waals surface area contributed by atoms with Crippen molar-refractivity contribution in [2.45, 2.75) is 13.5 Å². The van der Waals surface area contributed by atoms with Crippen molar-refractivity contribution in [3.8, 4) is 11.4 Å². The highest BCUT2D eigenvalue weighted by molar-refractivity contribution is 6.30. The van der Waals surface area contributed by atoms with Crippen LogP contribution >= 0.6 is 11.6 Å². The third kappa shape index (κ3) is 3.70. The van der Waals surface area contributed by atoms with Gasteiger partial charge in [-0.1, -0.05) is 35.0 Å². The molecule has 3 rings (SSSR count). The third-order valence-electron chi connectivity index (χ3n) is 3.60. The lowest BCUT2D eigenvalue weighted by atomic mass is 10.1. The molecule has 8 nitrogen and oxygen atoms in total. The highest BCUT2D eigenvalue weighted by Crippen LogP contribution is 2.23. The Morgan fingerprint density at radius 1 is 1.31 bits per heavy atom. The highest BCUT2D eigenvalue weighted by Gasteiger charge is 2.20. The number of halogens is 1. The Bertz CT molecular complexity index is 986. The van der Waals surface area contributed by atoms with Crippen LogP contribution in [0, 0.1) is 17.0 Å². The maximum Gasteiger partial charge on any atom is 0.339 e. The maximum atomic E-state index is 12.2. The zero-order chi connectivity index (χ0) is 18.7. The zero-order valence-electron chi connectivity index (χ0n) is 13.5. The molecular formula is C17H12ClN3O5. The van der Waals surface area contributed by atoms with Crippen molar-refractivity contribution in [3.05, 3.63) is 74.6 Å². The van der Waals surface area contributed by atoms with E-state index in [1.54, 1.807) is 24.3 Å². The highest BCUT2D eigenvalue weighted by atomic mass is 35.5. The number of aromatic nitrogens is 2. The van der Waals surface area contributed by atoms with Gasteiger partial charge in [-0.05, 0) is 25.1 Å². The Kier molecular flexibility index (Phi) is 4.94. The summed E-state index contributed by atoms with van der Waals surface area (Å²) in [6, 6.07) is 11.1. The first kappa shape index (κ1) is 17.6. The van der Waals surface area contributed by atoms with E-state index >= 15 is 0 Å². The number of nitro groups is 1. The van der Waals surface area contributed by atoms with Gasteiger partial charge in [0.25, 0.3) is 11.6 Å². The number of carbonyl (C=O) groups excluding carboxylic acids is 1. The summed E-state index contributed by atoms with van der Waals surface area (Å²) in [5.74, 6) is -0.310. The van der Waals surface area contributed by atoms with Crippen LogP contribution in [0.3, 0.4) is 0 Å². The van der Waals surface area contributed by atoms with Crippen molar-refractivity contribution in [2.75, 3.05) is 0 Å². The van der Waals surface area contributed by atoms with Crippen LogP contribution in [0.25, 0.3) is 11.4 Å². The van der Waals surface area contributed by atoms with Gasteiger partial charge in [0.05, 0.1) is 10.5 Å². The van der Waals surface area contributed by atoms with E-state index in [9.17, 15) is 14.9 Å². The van der Waals surface area contributed by atoms with Gasteiger partial charge in [0.1, 0.15) is 0 Å². The first-order valence-corrected chi connectivity index (χ1v) is 7.83. The molecule has 0 spiro atoms. The number of benzene rings is 2. The van der Waals surface area contributed by atoms with E-state index in [1.807, 2.05) is 0 Å². The van der Waals surface area contributed by atoms with Gasteiger partial charge in [0, 0.05) is 22.2 Å². The van der Waals surface area contributed by atoms with E-state index in [-0.39, 0.29) is 29.3 Å². The molecule has 0 amide bonds. The summed E-state index contributed by atoms with van der Waals surface area (Å²) < 4.78 is 10.2. The smallest absolute Gasteiger partial charge is 0.339 e. The minimum atomic E-state index is -0.714. The van der Waals surface area contributed by atoms with Crippen molar-refractivity contribution < 1.29 is 19.0 Å². The van der Waals surface area contributed by atoms with E-state index in [0.717, 1.165) is 0 Å². The number of carbonyl (C=O) groups is 1. The molecule has 0 unspecified atom stereocenters. The molecule has 0 saturated heterocycles. The number of hydrogen-bond donors (Lipinski definition) is 0. The quantitative estimate of drug-likeness (QED) is 0.378. The summed E-state index contributed by atoms with van der Waals surface area (Å²) in [6.07, 6.45) is 0. The van der Waals surface area contributed by atoms with Crippen LogP contribution in [0.2, 0.25) is 5.02 Å². The molecule has 2 aromatic carbocycles. The van der Waals surface area contributed by atoms with Crippen molar-refractivity contribution >= 4 is 23.3 Å². The van der Waals surface area contributed by atoms with E-state index in [1.165, 1.54) is 25.1 Å². The van der Waals surface area contributed by atoms with Crippen molar-refractivity contribution in [2.24, 2.45) is 0 Å². The average molecular weight is 374 g/mol. The largest absolute Gasteiger partial charge is 0.452 e. The SMILES string of the molecule is Cc1c(C(=O)OCc2nc(-c3cccc(Cl)c3)no2)cccc1[N+](=O)[O-]. The molecule has 0 aliphatic rings. The predicted molar refractivity (Wildman–Crippen MR) is 91.7 cm³/mol. The second-order valence-corrected chi connectivity index (χ2v) is 5.74. The summed E-state index contributed by atoms with van der Waals surface area (Å²) in [5, 5.41) is 15.3. The lowest BCUT2D eigenvalue weighted by Gasteiger charge is -2.05. The Morgan fingerprint density at radius 3 is 2.81 bits per heavy atom. The summed E-state index contributed by atoms with van der Waals surface area (Å²) in [6.45, 7) is 1.23. The molecule has 0 aliphatic heterocycles. The molecule has 1 aromatic heterocycles. The monoisotopic (exact) mass is 373 g/mol. The number of nitrogens with zero attached hydrogens (tertiary/aromatic N) is 3. The summed E-state index contributed by atoms with van der Waals surface area (Å²) in [4.78, 5) is 26.7. The molecule has 0 atom stereocenters. The van der Waals surface area contributed by atoms with Crippen LogP contribution in [-0.4, -0.2) is 21.0 Å². The first-order chi connectivity index (χ1) is 12.5. The molecule has 0 aliphatic carbocycles. The second-order valence-electron chi connectivity index (χ2n) is 5.31. The Hall–Kier alpha value is -3.26. The van der Waals surface area contributed by atoms with Crippen molar-refractivity contribution in [3.63, 3.8) is 0 Å². The van der Waals surface area contributed by atoms with Gasteiger partial charge in [-0.2, -0.15) is 4.98 Å². The molecule has 132 valence electrons. The maximum absolute atomic E-state index is 12.2. The minimum absolute atomic E-state index is 0.0939. The van der Waals surface area contributed by atoms with Gasteiger partial charge in [0.15, 0.2) is 6.61 Å². The van der Waals surface area contributed by atoms with Gasteiger partial charge in [0.2, 0.25) is 5.82 Å². The number of ether oxygens (including phenoxy) is 1. The minimum Gasteiger partial charge on any atom is -0.452 e. The summed E-state index contributed by atoms with van der Waals surface area (Å²) >= 11 is 5.92. The number of nitro benzene ring substituents is 1. The van der Waals surface area contributed by atoms with E-state index < -0.39 is 10.9 Å². The van der Waals surface area contributed by atoms with Crippen molar-refractivity contribution in [1.29, 1.82) is 0 Å². The molecule has 1 heterocycles. The van der Waals surface area contributed by atoms with Gasteiger partial charge in [-0.15, -0.1) is 0 Å². The average Bonchev–Trinajstić information content (AvgIpc) is 3.08. The molecule has 9 heteroatoms. The van der Waals surface area contributed by atoms with Crippen molar-refractivity contribution in [1.82, 2.24) is 10.1 Å². The van der Waals surface area contributed by atoms with Crippen LogP contribution in [0.1, 0.15) is 21.8 Å². The van der Waals surface area contributed by atoms with Crippen LogP contribution in [-0.2, 0) is 11.3 Å². The Balaban J connectivity index is 1.71. The van der Waals surface area contributed by atoms with Gasteiger partial charge in [-0.25, -0.2) is 4.79 Å². The van der Waals surface area contributed by atoms with E-state index in [4.69, 9.17) is 20.9 Å². The van der Waals surface area contributed by atoms with Crippen LogP contribution in [0.5, 0.6) is 0 Å². The molecule has 0 N–H and O–H groups in total. The standard InChI is InChI=1S/C17H12ClN3O5/c1-10-13(6-3-7-14(10)21(23)24)17(22)25-9-15-19-16(20-26-15)11-4-2-5-12(18)8-11/h2-8H,9H2,1H3. The van der Waals surface area contributed by atoms with E-state index in [0.29, 0.717) is 16.4 Å². The fraction of sp³-hybridized carbons (Fsp3) is 0.118. The van der Waals surface area contributed by atoms with Gasteiger partial charge < -0.3 is 9.26 Å². The molecular weight excluding hydrogens is 362 g/mol. The van der Waals surface area contributed by atoms with Crippen LogP contribution in [0.4, 0.5) is 5.69 Å². The lowest BCUT2D eigenvalue weighted by molar-refractivity contribution is -0.385. The zero-order valence-corrected chi connectivity index (χ0v) is 14.3. The molecule has 3 aromatic rings. The fourth-order valence-electron chi connectivity index (χ4n) is 2.31. The molecule has 0 bridgehead atoms. The van der Waals surface area contributed by atoms with Gasteiger partial charge in [-0.3, -0.25) is 10.1 Å². The summed E-state index contributed by atoms with van der Waals surface area (Å²) in [5.41, 5.74) is 0.843. The second kappa shape index (κ2) is 7.32. The third-order valence-corrected chi connectivity index (χ3v) is 3.83. The normalized spacial score (nSPS) is 10.5. The first-order valence-electron chi connectivity index (χ1n) is 7.45. The molecule has 0 radical (unpaired) electrons. The number of esters is 1. The Labute approximate surface area is 152 Å². The number of rotatable bonds is 5. The molecule has 0 fully saturated rings. The molecule has 0 saturated carbocycles. The van der Waals surface area contributed by atoms with Gasteiger partial charge >= 0.3 is 5.97 Å². The fourth-order valence-corrected chi connectivity index (χ4v) is 2.50. The lowest BCUT2D eigenvalue weighted by Crippen LogP contribution is -2.08. The van der Waals surface area contributed by atoms with Crippen LogP contribution < -0.4 is 0 Å². The van der Waals surface area contributed by atoms with E-state index in [2.05, 4.69) is 10.1 Å². The predicted octanol–water partition coefficient (Wildman–Crippen LogP) is 3.96.